The average Bonchev–Trinajstić information content (AvgIpc) is 3.19. The van der Waals surface area contributed by atoms with Crippen LogP contribution in [-0.4, -0.2) is 16.7 Å². The van der Waals surface area contributed by atoms with Gasteiger partial charge in [0, 0.05) is 6.54 Å². The Hall–Kier alpha value is -3.01. The third kappa shape index (κ3) is 2.91. The van der Waals surface area contributed by atoms with Gasteiger partial charge in [0.25, 0.3) is 0 Å². The molecule has 0 N–H and O–H groups in total. The van der Waals surface area contributed by atoms with Gasteiger partial charge in [-0.2, -0.15) is 0 Å². The van der Waals surface area contributed by atoms with E-state index in [9.17, 15) is 0 Å². The van der Waals surface area contributed by atoms with Crippen LogP contribution in [0, 0.1) is 13.8 Å². The van der Waals surface area contributed by atoms with Gasteiger partial charge in [-0.1, -0.05) is 18.2 Å². The lowest BCUT2D eigenvalue weighted by molar-refractivity contribution is 0.414. The Bertz CT molecular complexity index is 1030. The van der Waals surface area contributed by atoms with Crippen LogP contribution < -0.4 is 4.74 Å². The minimum Gasteiger partial charge on any atom is -0.497 e. The first-order chi connectivity index (χ1) is 12.1. The number of methoxy groups -OCH3 is 1. The Kier molecular flexibility index (Phi) is 3.80. The molecule has 0 fully saturated rings. The molecule has 25 heavy (non-hydrogen) atoms. The van der Waals surface area contributed by atoms with Gasteiger partial charge in [-0.3, -0.25) is 0 Å². The van der Waals surface area contributed by atoms with Crippen molar-refractivity contribution in [1.29, 1.82) is 0 Å². The monoisotopic (exact) mass is 332 g/mol. The normalized spacial score (nSPS) is 11.2. The number of aromatic nitrogens is 2. The molecule has 0 amide bonds. The molecule has 126 valence electrons. The van der Waals surface area contributed by atoms with Crippen LogP contribution in [0.2, 0.25) is 0 Å². The third-order valence-electron chi connectivity index (χ3n) is 4.36. The molecule has 0 spiro atoms. The van der Waals surface area contributed by atoms with Crippen molar-refractivity contribution < 1.29 is 9.15 Å². The first-order valence-corrected chi connectivity index (χ1v) is 8.30. The molecule has 4 heteroatoms. The number of ether oxygens (including phenoxy) is 1. The first-order valence-electron chi connectivity index (χ1n) is 8.30. The van der Waals surface area contributed by atoms with Crippen molar-refractivity contribution in [2.75, 3.05) is 7.11 Å². The van der Waals surface area contributed by atoms with Gasteiger partial charge in [0.05, 0.1) is 18.1 Å². The highest BCUT2D eigenvalue weighted by molar-refractivity contribution is 5.80. The largest absolute Gasteiger partial charge is 0.497 e. The van der Waals surface area contributed by atoms with Crippen molar-refractivity contribution in [2.24, 2.45) is 0 Å². The SMILES string of the molecule is COc1ccc(Cn2c(-c3ccc(C)o3)nc3cc(C)ccc32)cc1. The summed E-state index contributed by atoms with van der Waals surface area (Å²) in [7, 11) is 1.68. The summed E-state index contributed by atoms with van der Waals surface area (Å²) in [5, 5.41) is 0. The van der Waals surface area contributed by atoms with Crippen LogP contribution in [0.1, 0.15) is 16.9 Å². The fourth-order valence-corrected chi connectivity index (χ4v) is 3.06. The van der Waals surface area contributed by atoms with Crippen molar-refractivity contribution in [3.63, 3.8) is 0 Å². The fourth-order valence-electron chi connectivity index (χ4n) is 3.06. The maximum atomic E-state index is 5.84. The summed E-state index contributed by atoms with van der Waals surface area (Å²) in [4.78, 5) is 4.83. The molecule has 4 nitrogen and oxygen atoms in total. The van der Waals surface area contributed by atoms with Gasteiger partial charge in [0.15, 0.2) is 11.6 Å². The van der Waals surface area contributed by atoms with Crippen LogP contribution in [0.5, 0.6) is 5.75 Å². The highest BCUT2D eigenvalue weighted by Crippen LogP contribution is 2.28. The van der Waals surface area contributed by atoms with Gasteiger partial charge in [0.1, 0.15) is 11.5 Å². The third-order valence-corrected chi connectivity index (χ3v) is 4.36. The Morgan fingerprint density at radius 2 is 1.80 bits per heavy atom. The van der Waals surface area contributed by atoms with E-state index in [0.717, 1.165) is 40.7 Å². The van der Waals surface area contributed by atoms with Crippen LogP contribution >= 0.6 is 0 Å². The molecular formula is C21H20N2O2. The Labute approximate surface area is 146 Å². The number of furan rings is 1. The molecule has 2 aromatic heterocycles. The summed E-state index contributed by atoms with van der Waals surface area (Å²) >= 11 is 0. The summed E-state index contributed by atoms with van der Waals surface area (Å²) in [6.07, 6.45) is 0. The van der Waals surface area contributed by atoms with E-state index in [-0.39, 0.29) is 0 Å². The number of aryl methyl sites for hydroxylation is 2. The first kappa shape index (κ1) is 15.5. The van der Waals surface area contributed by atoms with E-state index in [2.05, 4.69) is 41.8 Å². The van der Waals surface area contributed by atoms with E-state index in [4.69, 9.17) is 14.1 Å². The van der Waals surface area contributed by atoms with Crippen LogP contribution in [0.25, 0.3) is 22.6 Å². The molecule has 0 saturated carbocycles. The van der Waals surface area contributed by atoms with Crippen LogP contribution in [0.15, 0.2) is 59.0 Å². The number of benzene rings is 2. The summed E-state index contributed by atoms with van der Waals surface area (Å²) < 4.78 is 13.3. The average molecular weight is 332 g/mol. The van der Waals surface area contributed by atoms with E-state index >= 15 is 0 Å². The highest BCUT2D eigenvalue weighted by Gasteiger charge is 2.16. The molecule has 4 rings (SSSR count). The predicted octanol–water partition coefficient (Wildman–Crippen LogP) is 4.97. The van der Waals surface area contributed by atoms with Gasteiger partial charge in [-0.05, 0) is 61.4 Å². The van der Waals surface area contributed by atoms with Gasteiger partial charge in [0.2, 0.25) is 0 Å². The van der Waals surface area contributed by atoms with Crippen LogP contribution in [0.4, 0.5) is 0 Å². The van der Waals surface area contributed by atoms with Gasteiger partial charge < -0.3 is 13.7 Å². The summed E-state index contributed by atoms with van der Waals surface area (Å²) in [6, 6.07) is 18.4. The zero-order chi connectivity index (χ0) is 17.4. The van der Waals surface area contributed by atoms with Crippen LogP contribution in [-0.2, 0) is 6.54 Å². The second kappa shape index (κ2) is 6.13. The molecule has 0 bridgehead atoms. The predicted molar refractivity (Wildman–Crippen MR) is 99.0 cm³/mol. The molecule has 0 atom stereocenters. The summed E-state index contributed by atoms with van der Waals surface area (Å²) in [5.74, 6) is 3.38. The summed E-state index contributed by atoms with van der Waals surface area (Å²) in [5.41, 5.74) is 4.47. The van der Waals surface area contributed by atoms with E-state index in [1.165, 1.54) is 11.1 Å². The lowest BCUT2D eigenvalue weighted by Gasteiger charge is -2.09. The van der Waals surface area contributed by atoms with E-state index < -0.39 is 0 Å². The molecule has 0 aliphatic rings. The van der Waals surface area contributed by atoms with Gasteiger partial charge in [-0.15, -0.1) is 0 Å². The molecule has 4 aromatic rings. The number of fused-ring (bicyclic) bond motifs is 1. The Morgan fingerprint density at radius 1 is 1.00 bits per heavy atom. The number of imidazole rings is 1. The van der Waals surface area contributed by atoms with Gasteiger partial charge >= 0.3 is 0 Å². The maximum absolute atomic E-state index is 5.84. The zero-order valence-corrected chi connectivity index (χ0v) is 14.6. The molecule has 0 aliphatic heterocycles. The molecule has 0 saturated heterocycles. The number of rotatable bonds is 4. The van der Waals surface area contributed by atoms with Crippen molar-refractivity contribution in [3.05, 3.63) is 71.5 Å². The fraction of sp³-hybridized carbons (Fsp3) is 0.190. The molecule has 2 aromatic carbocycles. The number of nitrogens with zero attached hydrogens (tertiary/aromatic N) is 2. The number of hydrogen-bond donors (Lipinski definition) is 0. The van der Waals surface area contributed by atoms with E-state index in [1.54, 1.807) is 7.11 Å². The van der Waals surface area contributed by atoms with Crippen molar-refractivity contribution in [2.45, 2.75) is 20.4 Å². The standard InChI is InChI=1S/C21H20N2O2/c1-14-4-10-19-18(12-14)22-21(20-11-5-15(2)25-20)23(19)13-16-6-8-17(24-3)9-7-16/h4-12H,13H2,1-3H3. The van der Waals surface area contributed by atoms with E-state index in [0.29, 0.717) is 0 Å². The minimum absolute atomic E-state index is 0.721. The minimum atomic E-state index is 0.721. The van der Waals surface area contributed by atoms with Crippen molar-refractivity contribution in [3.8, 4) is 17.3 Å². The van der Waals surface area contributed by atoms with Crippen molar-refractivity contribution >= 4 is 11.0 Å². The molecule has 2 heterocycles. The number of hydrogen-bond acceptors (Lipinski definition) is 3. The summed E-state index contributed by atoms with van der Waals surface area (Å²) in [6.45, 7) is 4.75. The molecule has 0 radical (unpaired) electrons. The van der Waals surface area contributed by atoms with E-state index in [1.807, 2.05) is 31.2 Å². The molecule has 0 unspecified atom stereocenters. The lowest BCUT2D eigenvalue weighted by atomic mass is 10.2. The molecule has 0 aliphatic carbocycles. The topological polar surface area (TPSA) is 40.2 Å². The Morgan fingerprint density at radius 3 is 2.48 bits per heavy atom. The van der Waals surface area contributed by atoms with Crippen LogP contribution in [0.3, 0.4) is 0 Å². The smallest absolute Gasteiger partial charge is 0.177 e. The highest BCUT2D eigenvalue weighted by atomic mass is 16.5. The Balaban J connectivity index is 1.84. The second-order valence-electron chi connectivity index (χ2n) is 6.27. The maximum Gasteiger partial charge on any atom is 0.177 e. The second-order valence-corrected chi connectivity index (χ2v) is 6.27. The van der Waals surface area contributed by atoms with Crippen molar-refractivity contribution in [1.82, 2.24) is 9.55 Å². The lowest BCUT2D eigenvalue weighted by Crippen LogP contribution is -2.02. The quantitative estimate of drug-likeness (QED) is 0.530. The molecular weight excluding hydrogens is 312 g/mol. The zero-order valence-electron chi connectivity index (χ0n) is 14.6. The van der Waals surface area contributed by atoms with Gasteiger partial charge in [-0.25, -0.2) is 4.98 Å².